The van der Waals surface area contributed by atoms with Crippen molar-refractivity contribution in [2.75, 3.05) is 13.7 Å². The van der Waals surface area contributed by atoms with E-state index >= 15 is 0 Å². The van der Waals surface area contributed by atoms with Crippen LogP contribution in [0.2, 0.25) is 0 Å². The number of aryl methyl sites for hydroxylation is 1. The number of hydrogen-bond donors (Lipinski definition) is 2. The summed E-state index contributed by atoms with van der Waals surface area (Å²) in [5, 5.41) is 1.94. The summed E-state index contributed by atoms with van der Waals surface area (Å²) < 4.78 is 32.9. The summed E-state index contributed by atoms with van der Waals surface area (Å²) in [6.45, 7) is 4.09. The van der Waals surface area contributed by atoms with Gasteiger partial charge in [-0.2, -0.15) is 0 Å². The molecule has 0 bridgehead atoms. The lowest BCUT2D eigenvalue weighted by Gasteiger charge is -2.10. The van der Waals surface area contributed by atoms with Crippen LogP contribution in [0, 0.1) is 6.92 Å². The molecule has 0 amide bonds. The quantitative estimate of drug-likeness (QED) is 0.535. The molecule has 0 spiro atoms. The van der Waals surface area contributed by atoms with Crippen molar-refractivity contribution in [1.82, 2.24) is 14.7 Å². The van der Waals surface area contributed by atoms with Crippen LogP contribution in [0.15, 0.2) is 53.6 Å². The summed E-state index contributed by atoms with van der Waals surface area (Å²) in [7, 11) is -1.91. The SMILES string of the molecule is CCNS(=O)(=O)c1cccc(-c2ccc(OC)c3[nH]c4ncc(C)cc4c23)c1. The van der Waals surface area contributed by atoms with E-state index in [-0.39, 0.29) is 4.90 Å². The minimum Gasteiger partial charge on any atom is -0.495 e. The van der Waals surface area contributed by atoms with Crippen molar-refractivity contribution in [3.8, 4) is 16.9 Å². The van der Waals surface area contributed by atoms with Gasteiger partial charge in [-0.3, -0.25) is 0 Å². The van der Waals surface area contributed by atoms with Gasteiger partial charge in [0.25, 0.3) is 0 Å². The Morgan fingerprint density at radius 1 is 1.18 bits per heavy atom. The predicted octanol–water partition coefficient (Wildman–Crippen LogP) is 4.00. The van der Waals surface area contributed by atoms with Crippen LogP contribution >= 0.6 is 0 Å². The van der Waals surface area contributed by atoms with Gasteiger partial charge in [0, 0.05) is 23.5 Å². The summed E-state index contributed by atoms with van der Waals surface area (Å²) in [6, 6.07) is 12.9. The molecule has 2 aromatic heterocycles. The Kier molecular flexibility index (Phi) is 4.56. The third-order valence-corrected chi connectivity index (χ3v) is 6.26. The molecular formula is C21H21N3O3S. The zero-order chi connectivity index (χ0) is 19.9. The first-order valence-electron chi connectivity index (χ1n) is 8.99. The van der Waals surface area contributed by atoms with E-state index in [4.69, 9.17) is 4.74 Å². The number of nitrogens with one attached hydrogen (secondary N) is 2. The molecule has 28 heavy (non-hydrogen) atoms. The number of hydrogen-bond acceptors (Lipinski definition) is 4. The van der Waals surface area contributed by atoms with Crippen molar-refractivity contribution >= 4 is 32.0 Å². The van der Waals surface area contributed by atoms with Crippen molar-refractivity contribution in [2.45, 2.75) is 18.7 Å². The maximum atomic E-state index is 12.4. The number of benzene rings is 2. The van der Waals surface area contributed by atoms with Gasteiger partial charge in [0.05, 0.1) is 17.5 Å². The van der Waals surface area contributed by atoms with Crippen LogP contribution in [0.5, 0.6) is 5.75 Å². The second-order valence-corrected chi connectivity index (χ2v) is 8.40. The lowest BCUT2D eigenvalue weighted by molar-refractivity contribution is 0.419. The van der Waals surface area contributed by atoms with Crippen LogP contribution in [0.1, 0.15) is 12.5 Å². The van der Waals surface area contributed by atoms with Gasteiger partial charge in [0.15, 0.2) is 0 Å². The molecule has 4 aromatic rings. The number of pyridine rings is 1. The largest absolute Gasteiger partial charge is 0.495 e. The first kappa shape index (κ1) is 18.5. The van der Waals surface area contributed by atoms with Crippen LogP contribution < -0.4 is 9.46 Å². The average Bonchev–Trinajstić information content (AvgIpc) is 3.06. The maximum absolute atomic E-state index is 12.4. The molecule has 144 valence electrons. The zero-order valence-electron chi connectivity index (χ0n) is 15.9. The van der Waals surface area contributed by atoms with E-state index in [0.29, 0.717) is 12.3 Å². The molecule has 2 heterocycles. The number of aromatic amines is 1. The van der Waals surface area contributed by atoms with Gasteiger partial charge >= 0.3 is 0 Å². The monoisotopic (exact) mass is 395 g/mol. The molecule has 0 radical (unpaired) electrons. The highest BCUT2D eigenvalue weighted by molar-refractivity contribution is 7.89. The minimum absolute atomic E-state index is 0.241. The van der Waals surface area contributed by atoms with Gasteiger partial charge < -0.3 is 9.72 Å². The average molecular weight is 395 g/mol. The third kappa shape index (κ3) is 3.02. The standard InChI is InChI=1S/C21H21N3O3S/c1-4-23-28(25,26)15-7-5-6-14(11-15)16-8-9-18(27-3)20-19(16)17-10-13(2)12-22-21(17)24-20/h5-12,23H,4H2,1-3H3,(H,22,24). The summed E-state index contributed by atoms with van der Waals surface area (Å²) >= 11 is 0. The van der Waals surface area contributed by atoms with Crippen LogP contribution in [-0.4, -0.2) is 32.0 Å². The molecule has 0 aliphatic heterocycles. The molecule has 0 saturated carbocycles. The van der Waals surface area contributed by atoms with E-state index in [1.807, 2.05) is 31.3 Å². The molecule has 6 nitrogen and oxygen atoms in total. The fraction of sp³-hybridized carbons (Fsp3) is 0.190. The number of H-pyrrole nitrogens is 1. The van der Waals surface area contributed by atoms with E-state index in [2.05, 4.69) is 20.8 Å². The van der Waals surface area contributed by atoms with Crippen molar-refractivity contribution in [1.29, 1.82) is 0 Å². The van der Waals surface area contributed by atoms with Crippen LogP contribution in [-0.2, 0) is 10.0 Å². The Hall–Kier alpha value is -2.90. The summed E-state index contributed by atoms with van der Waals surface area (Å²) in [5.74, 6) is 0.714. The highest BCUT2D eigenvalue weighted by atomic mass is 32.2. The Morgan fingerprint density at radius 3 is 2.75 bits per heavy atom. The van der Waals surface area contributed by atoms with Gasteiger partial charge in [-0.1, -0.05) is 19.1 Å². The Bertz CT molecular complexity index is 1290. The lowest BCUT2D eigenvalue weighted by Crippen LogP contribution is -2.23. The fourth-order valence-electron chi connectivity index (χ4n) is 3.48. The lowest BCUT2D eigenvalue weighted by atomic mass is 9.99. The smallest absolute Gasteiger partial charge is 0.240 e. The number of fused-ring (bicyclic) bond motifs is 3. The van der Waals surface area contributed by atoms with Crippen LogP contribution in [0.4, 0.5) is 0 Å². The van der Waals surface area contributed by atoms with E-state index in [1.54, 1.807) is 32.2 Å². The van der Waals surface area contributed by atoms with Gasteiger partial charge in [-0.15, -0.1) is 0 Å². The van der Waals surface area contributed by atoms with E-state index in [9.17, 15) is 8.42 Å². The molecule has 4 rings (SSSR count). The molecule has 2 aromatic carbocycles. The first-order valence-corrected chi connectivity index (χ1v) is 10.5. The molecule has 0 unspecified atom stereocenters. The molecule has 2 N–H and O–H groups in total. The highest BCUT2D eigenvalue weighted by Gasteiger charge is 2.18. The topological polar surface area (TPSA) is 84.1 Å². The number of methoxy groups -OCH3 is 1. The van der Waals surface area contributed by atoms with Gasteiger partial charge in [-0.05, 0) is 53.9 Å². The van der Waals surface area contributed by atoms with E-state index in [1.165, 1.54) is 0 Å². The molecule has 0 saturated heterocycles. The minimum atomic E-state index is -3.54. The number of ether oxygens (including phenoxy) is 1. The summed E-state index contributed by atoms with van der Waals surface area (Å²) in [5.41, 5.74) is 4.39. The van der Waals surface area contributed by atoms with Crippen LogP contribution in [0.3, 0.4) is 0 Å². The molecule has 0 fully saturated rings. The molecular weight excluding hydrogens is 374 g/mol. The molecule has 0 atom stereocenters. The van der Waals surface area contributed by atoms with Gasteiger partial charge in [0.2, 0.25) is 10.0 Å². The number of aromatic nitrogens is 2. The normalized spacial score (nSPS) is 12.0. The highest BCUT2D eigenvalue weighted by Crippen LogP contribution is 2.39. The van der Waals surface area contributed by atoms with Gasteiger partial charge in [0.1, 0.15) is 11.4 Å². The zero-order valence-corrected chi connectivity index (χ0v) is 16.7. The van der Waals surface area contributed by atoms with Crippen LogP contribution in [0.25, 0.3) is 33.1 Å². The second-order valence-electron chi connectivity index (χ2n) is 6.63. The predicted molar refractivity (Wildman–Crippen MR) is 111 cm³/mol. The fourth-order valence-corrected chi connectivity index (χ4v) is 4.57. The van der Waals surface area contributed by atoms with Crippen molar-refractivity contribution < 1.29 is 13.2 Å². The summed E-state index contributed by atoms with van der Waals surface area (Å²) in [4.78, 5) is 8.07. The number of rotatable bonds is 5. The van der Waals surface area contributed by atoms with E-state index < -0.39 is 10.0 Å². The Labute approximate surface area is 163 Å². The Morgan fingerprint density at radius 2 is 2.00 bits per heavy atom. The second kappa shape index (κ2) is 6.92. The number of nitrogens with zero attached hydrogens (tertiary/aromatic N) is 1. The van der Waals surface area contributed by atoms with Gasteiger partial charge in [-0.25, -0.2) is 18.1 Å². The van der Waals surface area contributed by atoms with Crippen molar-refractivity contribution in [2.24, 2.45) is 0 Å². The molecule has 0 aliphatic carbocycles. The van der Waals surface area contributed by atoms with E-state index in [0.717, 1.165) is 38.6 Å². The Balaban J connectivity index is 2.02. The molecule has 7 heteroatoms. The molecule has 0 aliphatic rings. The maximum Gasteiger partial charge on any atom is 0.240 e. The van der Waals surface area contributed by atoms with Crippen molar-refractivity contribution in [3.05, 3.63) is 54.2 Å². The third-order valence-electron chi connectivity index (χ3n) is 4.71. The first-order chi connectivity index (χ1) is 13.4. The number of sulfonamides is 1. The summed E-state index contributed by atoms with van der Waals surface area (Å²) in [6.07, 6.45) is 1.81. The van der Waals surface area contributed by atoms with Crippen molar-refractivity contribution in [3.63, 3.8) is 0 Å².